The summed E-state index contributed by atoms with van der Waals surface area (Å²) in [4.78, 5) is 31.4. The summed E-state index contributed by atoms with van der Waals surface area (Å²) in [5.41, 5.74) is 7.32. The fraction of sp³-hybridized carbons (Fsp3) is 0.250. The molecular formula is C12H13N5O2. The predicted octanol–water partition coefficient (Wildman–Crippen LogP) is 0.0556. The van der Waals surface area contributed by atoms with Crippen LogP contribution in [0.2, 0.25) is 0 Å². The quantitative estimate of drug-likeness (QED) is 0.710. The van der Waals surface area contributed by atoms with E-state index in [0.717, 1.165) is 11.0 Å². The Kier molecular flexibility index (Phi) is 2.59. The van der Waals surface area contributed by atoms with E-state index in [9.17, 15) is 9.59 Å². The Labute approximate surface area is 108 Å². The maximum atomic E-state index is 12.0. The number of rotatable bonds is 2. The van der Waals surface area contributed by atoms with Gasteiger partial charge in [0.05, 0.1) is 23.4 Å². The van der Waals surface area contributed by atoms with Crippen molar-refractivity contribution in [1.29, 1.82) is 0 Å². The molecule has 0 spiro atoms. The van der Waals surface area contributed by atoms with Gasteiger partial charge in [-0.15, -0.1) is 0 Å². The van der Waals surface area contributed by atoms with E-state index in [0.29, 0.717) is 18.7 Å². The van der Waals surface area contributed by atoms with Gasteiger partial charge in [0.2, 0.25) is 0 Å². The number of nitrogens with one attached hydrogen (secondary N) is 2. The number of amides is 3. The highest BCUT2D eigenvalue weighted by Crippen LogP contribution is 2.13. The molecule has 0 bridgehead atoms. The molecule has 98 valence electrons. The number of primary amides is 1. The zero-order valence-corrected chi connectivity index (χ0v) is 10.1. The average Bonchev–Trinajstić information content (AvgIpc) is 2.79. The second-order valence-electron chi connectivity index (χ2n) is 4.55. The van der Waals surface area contributed by atoms with Crippen LogP contribution in [0.3, 0.4) is 0 Å². The summed E-state index contributed by atoms with van der Waals surface area (Å²) in [6.07, 6.45) is 1.59. The summed E-state index contributed by atoms with van der Waals surface area (Å²) in [7, 11) is 0. The third-order valence-corrected chi connectivity index (χ3v) is 3.21. The Hall–Kier alpha value is -2.57. The molecule has 4 N–H and O–H groups in total. The summed E-state index contributed by atoms with van der Waals surface area (Å²) >= 11 is 0. The fourth-order valence-corrected chi connectivity index (χ4v) is 2.10. The highest BCUT2D eigenvalue weighted by molar-refractivity contribution is 5.97. The smallest absolute Gasteiger partial charge is 0.314 e. The van der Waals surface area contributed by atoms with Gasteiger partial charge in [-0.1, -0.05) is 0 Å². The number of hydrogen-bond donors (Lipinski definition) is 3. The first-order chi connectivity index (χ1) is 9.13. The Morgan fingerprint density at radius 3 is 2.95 bits per heavy atom. The van der Waals surface area contributed by atoms with Crippen molar-refractivity contribution in [2.75, 3.05) is 13.1 Å². The topological polar surface area (TPSA) is 104 Å². The molecule has 0 aliphatic carbocycles. The maximum Gasteiger partial charge on any atom is 0.314 e. The summed E-state index contributed by atoms with van der Waals surface area (Å²) in [6.45, 7) is 0.931. The third-order valence-electron chi connectivity index (χ3n) is 3.21. The molecule has 3 rings (SSSR count). The largest absolute Gasteiger partial charge is 0.351 e. The van der Waals surface area contributed by atoms with E-state index < -0.39 is 6.03 Å². The van der Waals surface area contributed by atoms with Crippen molar-refractivity contribution in [1.82, 2.24) is 20.2 Å². The monoisotopic (exact) mass is 259 g/mol. The van der Waals surface area contributed by atoms with E-state index in [2.05, 4.69) is 15.3 Å². The van der Waals surface area contributed by atoms with Crippen LogP contribution in [0.1, 0.15) is 10.4 Å². The Morgan fingerprint density at radius 2 is 2.21 bits per heavy atom. The Balaban J connectivity index is 1.66. The van der Waals surface area contributed by atoms with E-state index in [-0.39, 0.29) is 11.9 Å². The number of imidazole rings is 1. The van der Waals surface area contributed by atoms with Crippen molar-refractivity contribution >= 4 is 23.0 Å². The Morgan fingerprint density at radius 1 is 1.42 bits per heavy atom. The number of hydrogen-bond acceptors (Lipinski definition) is 3. The summed E-state index contributed by atoms with van der Waals surface area (Å²) in [6, 6.07) is 4.78. The van der Waals surface area contributed by atoms with Crippen molar-refractivity contribution < 1.29 is 9.59 Å². The van der Waals surface area contributed by atoms with E-state index in [1.165, 1.54) is 4.90 Å². The van der Waals surface area contributed by atoms with Gasteiger partial charge in [-0.05, 0) is 18.2 Å². The molecule has 0 atom stereocenters. The lowest BCUT2D eigenvalue weighted by Gasteiger charge is -2.38. The highest BCUT2D eigenvalue weighted by Gasteiger charge is 2.30. The van der Waals surface area contributed by atoms with Gasteiger partial charge in [0, 0.05) is 18.7 Å². The van der Waals surface area contributed by atoms with Crippen molar-refractivity contribution in [2.45, 2.75) is 6.04 Å². The van der Waals surface area contributed by atoms with Crippen LogP contribution in [0.5, 0.6) is 0 Å². The number of likely N-dealkylation sites (tertiary alicyclic amines) is 1. The van der Waals surface area contributed by atoms with Crippen LogP contribution in [0.4, 0.5) is 4.79 Å². The zero-order valence-electron chi connectivity index (χ0n) is 10.1. The van der Waals surface area contributed by atoms with E-state index in [1.807, 2.05) is 0 Å². The van der Waals surface area contributed by atoms with Crippen LogP contribution >= 0.6 is 0 Å². The predicted molar refractivity (Wildman–Crippen MR) is 68.5 cm³/mol. The summed E-state index contributed by atoms with van der Waals surface area (Å²) in [5.74, 6) is -0.161. The van der Waals surface area contributed by atoms with Gasteiger partial charge in [-0.3, -0.25) is 4.79 Å². The standard InChI is InChI=1S/C12H13N5O2/c13-12(19)17-4-8(5-17)16-11(18)7-1-2-9-10(3-7)15-6-14-9/h1-3,6,8H,4-5H2,(H2,13,19)(H,14,15)(H,16,18). The number of carbonyl (C=O) groups is 2. The first-order valence-corrected chi connectivity index (χ1v) is 5.92. The lowest BCUT2D eigenvalue weighted by molar-refractivity contribution is 0.0861. The van der Waals surface area contributed by atoms with Crippen LogP contribution < -0.4 is 11.1 Å². The van der Waals surface area contributed by atoms with Crippen LogP contribution in [0.25, 0.3) is 11.0 Å². The minimum absolute atomic E-state index is 0.0301. The van der Waals surface area contributed by atoms with Crippen molar-refractivity contribution in [3.8, 4) is 0 Å². The van der Waals surface area contributed by atoms with Gasteiger partial charge < -0.3 is 20.9 Å². The summed E-state index contributed by atoms with van der Waals surface area (Å²) in [5, 5.41) is 2.85. The summed E-state index contributed by atoms with van der Waals surface area (Å²) < 4.78 is 0. The molecule has 0 unspecified atom stereocenters. The van der Waals surface area contributed by atoms with Gasteiger partial charge >= 0.3 is 6.03 Å². The molecule has 1 saturated heterocycles. The first kappa shape index (κ1) is 11.5. The van der Waals surface area contributed by atoms with Crippen molar-refractivity contribution in [3.63, 3.8) is 0 Å². The third kappa shape index (κ3) is 2.10. The number of benzene rings is 1. The molecule has 19 heavy (non-hydrogen) atoms. The van der Waals surface area contributed by atoms with Crippen LogP contribution in [-0.4, -0.2) is 45.9 Å². The Bertz CT molecular complexity index is 644. The van der Waals surface area contributed by atoms with Crippen molar-refractivity contribution in [3.05, 3.63) is 30.1 Å². The first-order valence-electron chi connectivity index (χ1n) is 5.92. The van der Waals surface area contributed by atoms with E-state index >= 15 is 0 Å². The second kappa shape index (κ2) is 4.27. The van der Waals surface area contributed by atoms with Crippen LogP contribution in [-0.2, 0) is 0 Å². The van der Waals surface area contributed by atoms with Gasteiger partial charge in [0.15, 0.2) is 0 Å². The highest BCUT2D eigenvalue weighted by atomic mass is 16.2. The normalized spacial score (nSPS) is 15.3. The maximum absolute atomic E-state index is 12.0. The van der Waals surface area contributed by atoms with Gasteiger partial charge in [0.1, 0.15) is 0 Å². The van der Waals surface area contributed by atoms with E-state index in [1.54, 1.807) is 24.5 Å². The number of aromatic nitrogens is 2. The number of nitrogens with two attached hydrogens (primary N) is 1. The van der Waals surface area contributed by atoms with Crippen LogP contribution in [0, 0.1) is 0 Å². The SMILES string of the molecule is NC(=O)N1CC(NC(=O)c2ccc3nc[nH]c3c2)C1. The molecule has 0 saturated carbocycles. The van der Waals surface area contributed by atoms with Crippen molar-refractivity contribution in [2.24, 2.45) is 5.73 Å². The molecule has 1 aromatic carbocycles. The minimum atomic E-state index is -0.454. The lowest BCUT2D eigenvalue weighted by atomic mass is 10.1. The molecule has 1 aliphatic rings. The minimum Gasteiger partial charge on any atom is -0.351 e. The van der Waals surface area contributed by atoms with Crippen LogP contribution in [0.15, 0.2) is 24.5 Å². The molecule has 3 amide bonds. The lowest BCUT2D eigenvalue weighted by Crippen LogP contribution is -2.62. The van der Waals surface area contributed by atoms with Gasteiger partial charge in [0.25, 0.3) is 5.91 Å². The molecule has 7 nitrogen and oxygen atoms in total. The molecule has 1 aliphatic heterocycles. The van der Waals surface area contributed by atoms with Gasteiger partial charge in [-0.2, -0.15) is 0 Å². The molecule has 1 fully saturated rings. The molecule has 0 radical (unpaired) electrons. The van der Waals surface area contributed by atoms with Gasteiger partial charge in [-0.25, -0.2) is 9.78 Å². The number of carbonyl (C=O) groups excluding carboxylic acids is 2. The number of urea groups is 1. The number of fused-ring (bicyclic) bond motifs is 1. The average molecular weight is 259 g/mol. The second-order valence-corrected chi connectivity index (χ2v) is 4.55. The number of aromatic amines is 1. The molecule has 2 heterocycles. The number of H-pyrrole nitrogens is 1. The molecule has 7 heteroatoms. The molecule has 2 aromatic rings. The van der Waals surface area contributed by atoms with E-state index in [4.69, 9.17) is 5.73 Å². The zero-order chi connectivity index (χ0) is 13.4. The fourth-order valence-electron chi connectivity index (χ4n) is 2.10. The number of nitrogens with zero attached hydrogens (tertiary/aromatic N) is 2. The molecule has 1 aromatic heterocycles. The molecular weight excluding hydrogens is 246 g/mol.